The number of amides is 1. The van der Waals surface area contributed by atoms with Gasteiger partial charge in [-0.15, -0.1) is 0 Å². The fourth-order valence-corrected chi connectivity index (χ4v) is 2.99. The van der Waals surface area contributed by atoms with Gasteiger partial charge < -0.3 is 14.5 Å². The van der Waals surface area contributed by atoms with Crippen LogP contribution in [0.3, 0.4) is 0 Å². The second-order valence-corrected chi connectivity index (χ2v) is 6.94. The highest BCUT2D eigenvalue weighted by atomic mass is 16.5. The number of hydrogen-bond donors (Lipinski definition) is 0. The maximum absolute atomic E-state index is 12.5. The molecule has 0 radical (unpaired) electrons. The fourth-order valence-electron chi connectivity index (χ4n) is 2.99. The van der Waals surface area contributed by atoms with Crippen LogP contribution >= 0.6 is 0 Å². The van der Waals surface area contributed by atoms with E-state index in [0.717, 1.165) is 36.9 Å². The summed E-state index contributed by atoms with van der Waals surface area (Å²) >= 11 is 0. The van der Waals surface area contributed by atoms with Crippen molar-refractivity contribution in [2.75, 3.05) is 32.1 Å². The van der Waals surface area contributed by atoms with Gasteiger partial charge in [0.25, 0.3) is 5.91 Å². The highest BCUT2D eigenvalue weighted by Gasteiger charge is 2.25. The Hall–Kier alpha value is -2.81. The van der Waals surface area contributed by atoms with Gasteiger partial charge in [0.1, 0.15) is 11.6 Å². The van der Waals surface area contributed by atoms with Crippen LogP contribution in [0, 0.1) is 11.3 Å². The normalized spacial score (nSPS) is 16.1. The first kappa shape index (κ1) is 20.5. The van der Waals surface area contributed by atoms with E-state index in [-0.39, 0.29) is 11.5 Å². The van der Waals surface area contributed by atoms with E-state index in [9.17, 15) is 14.9 Å². The number of anilines is 1. The molecule has 0 aromatic heterocycles. The van der Waals surface area contributed by atoms with Gasteiger partial charge in [-0.25, -0.2) is 4.79 Å². The summed E-state index contributed by atoms with van der Waals surface area (Å²) in [6, 6.07) is 9.32. The first-order valence-electron chi connectivity index (χ1n) is 9.31. The number of rotatable bonds is 5. The van der Waals surface area contributed by atoms with Gasteiger partial charge >= 0.3 is 5.97 Å². The molecule has 1 fully saturated rings. The molecule has 0 bridgehead atoms. The molecule has 144 valence electrons. The van der Waals surface area contributed by atoms with E-state index >= 15 is 0 Å². The van der Waals surface area contributed by atoms with Crippen LogP contribution in [0.25, 0.3) is 6.08 Å². The molecular weight excluding hydrogens is 342 g/mol. The highest BCUT2D eigenvalue weighted by Crippen LogP contribution is 2.16. The van der Waals surface area contributed by atoms with Crippen molar-refractivity contribution >= 4 is 23.6 Å². The number of nitrogens with zero attached hydrogens (tertiary/aromatic N) is 3. The Kier molecular flexibility index (Phi) is 7.42. The second-order valence-electron chi connectivity index (χ2n) is 6.94. The molecule has 1 aliphatic heterocycles. The van der Waals surface area contributed by atoms with E-state index in [4.69, 9.17) is 4.74 Å². The van der Waals surface area contributed by atoms with Gasteiger partial charge in [-0.2, -0.15) is 5.26 Å². The average Bonchev–Trinajstić information content (AvgIpc) is 2.95. The van der Waals surface area contributed by atoms with Crippen molar-refractivity contribution in [3.05, 3.63) is 35.4 Å². The van der Waals surface area contributed by atoms with Crippen LogP contribution in [0.1, 0.15) is 38.2 Å². The molecule has 6 nitrogen and oxygen atoms in total. The predicted octanol–water partition coefficient (Wildman–Crippen LogP) is 2.99. The largest absolute Gasteiger partial charge is 0.448 e. The molecule has 27 heavy (non-hydrogen) atoms. The standard InChI is InChI=1S/C21H27N3O3/c1-16(20(25)24-12-6-4-5-7-13-24)27-21(26)18(15-22)14-17-8-10-19(11-9-17)23(2)3/h8-11,14,16H,4-7,12-13H2,1-3H3/b18-14+/t16-/m1/s1. The fraction of sp³-hybridized carbons (Fsp3) is 0.476. The SMILES string of the molecule is C[C@@H](OC(=O)/C(C#N)=C/c1ccc(N(C)C)cc1)C(=O)N1CCCCCC1. The van der Waals surface area contributed by atoms with Crippen molar-refractivity contribution in [1.82, 2.24) is 4.90 Å². The number of nitriles is 1. The van der Waals surface area contributed by atoms with E-state index in [1.54, 1.807) is 11.8 Å². The lowest BCUT2D eigenvalue weighted by molar-refractivity contribution is -0.155. The number of hydrogen-bond acceptors (Lipinski definition) is 5. The smallest absolute Gasteiger partial charge is 0.349 e. The van der Waals surface area contributed by atoms with Crippen LogP contribution < -0.4 is 4.90 Å². The molecule has 0 N–H and O–H groups in total. The molecular formula is C21H27N3O3. The monoisotopic (exact) mass is 369 g/mol. The van der Waals surface area contributed by atoms with E-state index in [1.165, 1.54) is 6.08 Å². The lowest BCUT2D eigenvalue weighted by atomic mass is 10.1. The molecule has 0 spiro atoms. The molecule has 1 aromatic carbocycles. The maximum Gasteiger partial charge on any atom is 0.349 e. The van der Waals surface area contributed by atoms with Crippen LogP contribution in [0.5, 0.6) is 0 Å². The Labute approximate surface area is 161 Å². The average molecular weight is 369 g/mol. The van der Waals surface area contributed by atoms with E-state index in [0.29, 0.717) is 13.1 Å². The van der Waals surface area contributed by atoms with Crippen molar-refractivity contribution in [3.63, 3.8) is 0 Å². The van der Waals surface area contributed by atoms with Crippen LogP contribution in [0.4, 0.5) is 5.69 Å². The Morgan fingerprint density at radius 2 is 1.74 bits per heavy atom. The number of ether oxygens (including phenoxy) is 1. The first-order valence-corrected chi connectivity index (χ1v) is 9.31. The third-order valence-electron chi connectivity index (χ3n) is 4.61. The van der Waals surface area contributed by atoms with Gasteiger partial charge in [0.15, 0.2) is 6.10 Å². The number of esters is 1. The van der Waals surface area contributed by atoms with Gasteiger partial charge in [-0.1, -0.05) is 25.0 Å². The van der Waals surface area contributed by atoms with Crippen molar-refractivity contribution in [2.24, 2.45) is 0 Å². The van der Waals surface area contributed by atoms with Crippen LogP contribution in [-0.4, -0.2) is 50.1 Å². The summed E-state index contributed by atoms with van der Waals surface area (Å²) in [5.41, 5.74) is 1.62. The highest BCUT2D eigenvalue weighted by molar-refractivity contribution is 5.99. The van der Waals surface area contributed by atoms with Crippen molar-refractivity contribution in [3.8, 4) is 6.07 Å². The summed E-state index contributed by atoms with van der Waals surface area (Å²) < 4.78 is 5.26. The minimum absolute atomic E-state index is 0.122. The van der Waals surface area contributed by atoms with Crippen molar-refractivity contribution < 1.29 is 14.3 Å². The number of benzene rings is 1. The maximum atomic E-state index is 12.5. The van der Waals surface area contributed by atoms with E-state index in [2.05, 4.69) is 0 Å². The van der Waals surface area contributed by atoms with Crippen molar-refractivity contribution in [2.45, 2.75) is 38.7 Å². The topological polar surface area (TPSA) is 73.6 Å². The summed E-state index contributed by atoms with van der Waals surface area (Å²) in [6.07, 6.45) is 4.75. The molecule has 0 aliphatic carbocycles. The van der Waals surface area contributed by atoms with Gasteiger partial charge in [-0.3, -0.25) is 4.79 Å². The van der Waals surface area contributed by atoms with E-state index < -0.39 is 12.1 Å². The molecule has 1 heterocycles. The molecule has 0 unspecified atom stereocenters. The van der Waals surface area contributed by atoms with Gasteiger partial charge in [0, 0.05) is 32.9 Å². The Morgan fingerprint density at radius 1 is 1.15 bits per heavy atom. The minimum atomic E-state index is -0.900. The van der Waals surface area contributed by atoms with Gasteiger partial charge in [0.2, 0.25) is 0 Å². The summed E-state index contributed by atoms with van der Waals surface area (Å²) in [5.74, 6) is -0.970. The molecule has 6 heteroatoms. The Morgan fingerprint density at radius 3 is 2.26 bits per heavy atom. The lowest BCUT2D eigenvalue weighted by Crippen LogP contribution is -2.40. The minimum Gasteiger partial charge on any atom is -0.448 e. The number of carbonyl (C=O) groups excluding carboxylic acids is 2. The van der Waals surface area contributed by atoms with Crippen molar-refractivity contribution in [1.29, 1.82) is 5.26 Å². The van der Waals surface area contributed by atoms with Crippen LogP contribution in [-0.2, 0) is 14.3 Å². The number of carbonyl (C=O) groups is 2. The predicted molar refractivity (Wildman–Crippen MR) is 105 cm³/mol. The molecule has 1 atom stereocenters. The summed E-state index contributed by atoms with van der Waals surface area (Å²) in [7, 11) is 3.87. The number of likely N-dealkylation sites (tertiary alicyclic amines) is 1. The summed E-state index contributed by atoms with van der Waals surface area (Å²) in [6.45, 7) is 2.95. The third-order valence-corrected chi connectivity index (χ3v) is 4.61. The zero-order valence-electron chi connectivity index (χ0n) is 16.3. The quantitative estimate of drug-likeness (QED) is 0.453. The first-order chi connectivity index (χ1) is 12.9. The summed E-state index contributed by atoms with van der Waals surface area (Å²) in [5, 5.41) is 9.32. The van der Waals surface area contributed by atoms with Gasteiger partial charge in [0.05, 0.1) is 0 Å². The van der Waals surface area contributed by atoms with Crippen LogP contribution in [0.2, 0.25) is 0 Å². The lowest BCUT2D eigenvalue weighted by Gasteiger charge is -2.23. The molecule has 1 aromatic rings. The van der Waals surface area contributed by atoms with Crippen LogP contribution in [0.15, 0.2) is 29.8 Å². The molecule has 1 aliphatic rings. The summed E-state index contributed by atoms with van der Waals surface area (Å²) in [4.78, 5) is 28.5. The molecule has 1 saturated heterocycles. The Bertz CT molecular complexity index is 724. The third kappa shape index (κ3) is 5.85. The molecule has 1 amide bonds. The zero-order valence-corrected chi connectivity index (χ0v) is 16.3. The molecule has 2 rings (SSSR count). The molecule has 0 saturated carbocycles. The second kappa shape index (κ2) is 9.77. The van der Waals surface area contributed by atoms with E-state index in [1.807, 2.05) is 49.3 Å². The van der Waals surface area contributed by atoms with Gasteiger partial charge in [-0.05, 0) is 43.5 Å². The Balaban J connectivity index is 2.03. The zero-order chi connectivity index (χ0) is 19.8.